The number of rotatable bonds is 7. The Balaban J connectivity index is 1.65. The number of hydrogen-bond donors (Lipinski definition) is 0. The molecule has 0 aromatic heterocycles. The van der Waals surface area contributed by atoms with E-state index in [2.05, 4.69) is 26.0 Å². The molecule has 0 amide bonds. The van der Waals surface area contributed by atoms with E-state index in [4.69, 9.17) is 4.74 Å². The first-order valence-electron chi connectivity index (χ1n) is 10.1. The van der Waals surface area contributed by atoms with Gasteiger partial charge in [-0.05, 0) is 69.6 Å². The second-order valence-electron chi connectivity index (χ2n) is 7.70. The van der Waals surface area contributed by atoms with Crippen LogP contribution in [0.1, 0.15) is 90.9 Å². The monoisotopic (exact) mass is 320 g/mol. The lowest BCUT2D eigenvalue weighted by molar-refractivity contribution is -0.157. The van der Waals surface area contributed by atoms with E-state index in [0.29, 0.717) is 5.92 Å². The van der Waals surface area contributed by atoms with Gasteiger partial charge in [0.15, 0.2) is 0 Å². The van der Waals surface area contributed by atoms with Gasteiger partial charge >= 0.3 is 5.97 Å². The highest BCUT2D eigenvalue weighted by atomic mass is 16.5. The summed E-state index contributed by atoms with van der Waals surface area (Å²) in [6, 6.07) is 0. The maximum Gasteiger partial charge on any atom is 0.309 e. The summed E-state index contributed by atoms with van der Waals surface area (Å²) >= 11 is 0. The van der Waals surface area contributed by atoms with Crippen LogP contribution < -0.4 is 0 Å². The first-order chi connectivity index (χ1) is 11.2. The van der Waals surface area contributed by atoms with Gasteiger partial charge in [0.2, 0.25) is 0 Å². The van der Waals surface area contributed by atoms with Crippen LogP contribution in [0.3, 0.4) is 0 Å². The Morgan fingerprint density at radius 3 is 2.26 bits per heavy atom. The predicted octanol–water partition coefficient (Wildman–Crippen LogP) is 6.05. The molecule has 132 valence electrons. The summed E-state index contributed by atoms with van der Waals surface area (Å²) in [5, 5.41) is 0. The standard InChI is InChI=1S/C21H36O2/c1-3-5-6-8-18-11-15-20(16-12-18)23-21(22)19-13-9-17(7-4-2)10-14-19/h6,8,17-20H,3-5,7,9-16H2,1-2H3/b8-6+/t17-,18-,19-,20-. The van der Waals surface area contributed by atoms with Crippen molar-refractivity contribution < 1.29 is 9.53 Å². The van der Waals surface area contributed by atoms with Crippen molar-refractivity contribution >= 4 is 5.97 Å². The Hall–Kier alpha value is -0.790. The van der Waals surface area contributed by atoms with E-state index in [1.165, 1.54) is 51.4 Å². The topological polar surface area (TPSA) is 26.3 Å². The minimum absolute atomic E-state index is 0.102. The predicted molar refractivity (Wildman–Crippen MR) is 96.2 cm³/mol. The van der Waals surface area contributed by atoms with Gasteiger partial charge < -0.3 is 4.74 Å². The van der Waals surface area contributed by atoms with Gasteiger partial charge in [-0.15, -0.1) is 0 Å². The number of carbonyl (C=O) groups excluding carboxylic acids is 1. The molecule has 2 fully saturated rings. The van der Waals surface area contributed by atoms with Crippen LogP contribution in [0.2, 0.25) is 0 Å². The lowest BCUT2D eigenvalue weighted by atomic mass is 9.80. The van der Waals surface area contributed by atoms with Crippen LogP contribution >= 0.6 is 0 Å². The zero-order valence-corrected chi connectivity index (χ0v) is 15.3. The summed E-state index contributed by atoms with van der Waals surface area (Å²) in [6.45, 7) is 4.48. The molecule has 2 saturated carbocycles. The molecule has 2 aliphatic carbocycles. The van der Waals surface area contributed by atoms with Gasteiger partial charge in [-0.25, -0.2) is 0 Å². The number of allylic oxidation sites excluding steroid dienone is 2. The van der Waals surface area contributed by atoms with Gasteiger partial charge in [-0.2, -0.15) is 0 Å². The van der Waals surface area contributed by atoms with Crippen molar-refractivity contribution in [1.29, 1.82) is 0 Å². The molecular weight excluding hydrogens is 284 g/mol. The molecule has 0 aromatic rings. The largest absolute Gasteiger partial charge is 0.462 e. The van der Waals surface area contributed by atoms with Crippen LogP contribution in [-0.2, 0) is 9.53 Å². The van der Waals surface area contributed by atoms with Crippen LogP contribution in [0, 0.1) is 17.8 Å². The molecule has 2 nitrogen and oxygen atoms in total. The first kappa shape index (κ1) is 18.5. The number of ether oxygens (including phenoxy) is 1. The van der Waals surface area contributed by atoms with Crippen molar-refractivity contribution in [3.63, 3.8) is 0 Å². The highest BCUT2D eigenvalue weighted by Crippen LogP contribution is 2.34. The molecular formula is C21H36O2. The Morgan fingerprint density at radius 1 is 0.957 bits per heavy atom. The first-order valence-corrected chi connectivity index (χ1v) is 10.1. The molecule has 2 heteroatoms. The summed E-state index contributed by atoms with van der Waals surface area (Å²) in [6.07, 6.45) is 18.9. The van der Waals surface area contributed by atoms with E-state index in [1.807, 2.05) is 0 Å². The van der Waals surface area contributed by atoms with Crippen LogP contribution in [0.5, 0.6) is 0 Å². The summed E-state index contributed by atoms with van der Waals surface area (Å²) < 4.78 is 5.84. The van der Waals surface area contributed by atoms with Gasteiger partial charge in [-0.3, -0.25) is 4.79 Å². The second kappa shape index (κ2) is 10.2. The minimum atomic E-state index is 0.102. The average molecular weight is 321 g/mol. The van der Waals surface area contributed by atoms with E-state index < -0.39 is 0 Å². The fourth-order valence-electron chi connectivity index (χ4n) is 4.21. The summed E-state index contributed by atoms with van der Waals surface area (Å²) in [5.74, 6) is 1.85. The fourth-order valence-corrected chi connectivity index (χ4v) is 4.21. The quantitative estimate of drug-likeness (QED) is 0.421. The van der Waals surface area contributed by atoms with Crippen molar-refractivity contribution in [3.8, 4) is 0 Å². The van der Waals surface area contributed by atoms with Crippen molar-refractivity contribution in [1.82, 2.24) is 0 Å². The van der Waals surface area contributed by atoms with Crippen LogP contribution in [-0.4, -0.2) is 12.1 Å². The van der Waals surface area contributed by atoms with Gasteiger partial charge in [-0.1, -0.05) is 45.3 Å². The summed E-state index contributed by atoms with van der Waals surface area (Å²) in [7, 11) is 0. The molecule has 0 unspecified atom stereocenters. The van der Waals surface area contributed by atoms with Crippen molar-refractivity contribution in [2.45, 2.75) is 97.0 Å². The Labute approximate surface area is 143 Å². The number of esters is 1. The van der Waals surface area contributed by atoms with Crippen LogP contribution in [0.4, 0.5) is 0 Å². The molecule has 23 heavy (non-hydrogen) atoms. The molecule has 0 radical (unpaired) electrons. The smallest absolute Gasteiger partial charge is 0.309 e. The fraction of sp³-hybridized carbons (Fsp3) is 0.857. The molecule has 0 aromatic carbocycles. The lowest BCUT2D eigenvalue weighted by Gasteiger charge is -2.31. The summed E-state index contributed by atoms with van der Waals surface area (Å²) in [5.41, 5.74) is 0. The van der Waals surface area contributed by atoms with Crippen LogP contribution in [0.25, 0.3) is 0 Å². The molecule has 2 rings (SSSR count). The minimum Gasteiger partial charge on any atom is -0.462 e. The maximum atomic E-state index is 12.4. The molecule has 2 aliphatic rings. The maximum absolute atomic E-state index is 12.4. The van der Waals surface area contributed by atoms with E-state index in [1.54, 1.807) is 0 Å². The normalized spacial score (nSPS) is 32.1. The van der Waals surface area contributed by atoms with E-state index in [9.17, 15) is 4.79 Å². The highest BCUT2D eigenvalue weighted by molar-refractivity contribution is 5.72. The number of hydrogen-bond acceptors (Lipinski definition) is 2. The van der Waals surface area contributed by atoms with E-state index in [-0.39, 0.29) is 18.0 Å². The molecule has 0 saturated heterocycles. The molecule has 0 bridgehead atoms. The van der Waals surface area contributed by atoms with Crippen molar-refractivity contribution in [2.24, 2.45) is 17.8 Å². The summed E-state index contributed by atoms with van der Waals surface area (Å²) in [4.78, 5) is 12.4. The van der Waals surface area contributed by atoms with Gasteiger partial charge in [0.25, 0.3) is 0 Å². The van der Waals surface area contributed by atoms with Crippen molar-refractivity contribution in [2.75, 3.05) is 0 Å². The third kappa shape index (κ3) is 6.31. The Bertz CT molecular complexity index is 358. The zero-order chi connectivity index (χ0) is 16.5. The van der Waals surface area contributed by atoms with Gasteiger partial charge in [0.1, 0.15) is 6.10 Å². The third-order valence-corrected chi connectivity index (χ3v) is 5.74. The van der Waals surface area contributed by atoms with Gasteiger partial charge in [0.05, 0.1) is 5.92 Å². The molecule has 0 heterocycles. The Kier molecular flexibility index (Phi) is 8.19. The average Bonchev–Trinajstić information content (AvgIpc) is 2.57. The Morgan fingerprint density at radius 2 is 1.65 bits per heavy atom. The highest BCUT2D eigenvalue weighted by Gasteiger charge is 2.30. The third-order valence-electron chi connectivity index (χ3n) is 5.74. The zero-order valence-electron chi connectivity index (χ0n) is 15.3. The number of unbranched alkanes of at least 4 members (excludes halogenated alkanes) is 1. The SMILES string of the molecule is CCC/C=C/[C@H]1CC[C@H](OC(=O)[C@H]2CC[C@H](CCC)CC2)CC1. The number of carbonyl (C=O) groups is 1. The van der Waals surface area contributed by atoms with Gasteiger partial charge in [0, 0.05) is 0 Å². The van der Waals surface area contributed by atoms with Crippen LogP contribution in [0.15, 0.2) is 12.2 Å². The van der Waals surface area contributed by atoms with Crippen molar-refractivity contribution in [3.05, 3.63) is 12.2 Å². The molecule has 0 N–H and O–H groups in total. The van der Waals surface area contributed by atoms with E-state index in [0.717, 1.165) is 31.6 Å². The molecule has 0 atom stereocenters. The molecule has 0 spiro atoms. The van der Waals surface area contributed by atoms with E-state index >= 15 is 0 Å². The molecule has 0 aliphatic heterocycles. The lowest BCUT2D eigenvalue weighted by Crippen LogP contribution is -2.29. The second-order valence-corrected chi connectivity index (χ2v) is 7.70.